The quantitative estimate of drug-likeness (QED) is 0.716. The zero-order chi connectivity index (χ0) is 11.3. The lowest BCUT2D eigenvalue weighted by Crippen LogP contribution is -2.03. The Hall–Kier alpha value is -1.02. The van der Waals surface area contributed by atoms with Crippen molar-refractivity contribution in [1.29, 1.82) is 0 Å². The molecule has 1 aromatic rings. The van der Waals surface area contributed by atoms with E-state index >= 15 is 0 Å². The molecule has 0 bridgehead atoms. The van der Waals surface area contributed by atoms with E-state index in [-0.39, 0.29) is 5.78 Å². The minimum absolute atomic E-state index is 0.0589. The van der Waals surface area contributed by atoms with Gasteiger partial charge in [0, 0.05) is 11.4 Å². The molecular weight excluding hydrogens is 212 g/mol. The highest BCUT2D eigenvalue weighted by molar-refractivity contribution is 6.31. The highest BCUT2D eigenvalue weighted by atomic mass is 35.5. The molecule has 1 rings (SSSR count). The molecule has 0 saturated heterocycles. The number of carbonyl (C=O) groups is 1. The second-order valence-electron chi connectivity index (χ2n) is 3.27. The summed E-state index contributed by atoms with van der Waals surface area (Å²) in [5, 5.41) is 0.565. The molecule has 0 saturated carbocycles. The van der Waals surface area contributed by atoms with E-state index in [4.69, 9.17) is 16.3 Å². The van der Waals surface area contributed by atoms with Crippen LogP contribution in [0.15, 0.2) is 18.2 Å². The smallest absolute Gasteiger partial charge is 0.166 e. The molecule has 0 aliphatic heterocycles. The first-order chi connectivity index (χ1) is 7.19. The van der Waals surface area contributed by atoms with Crippen LogP contribution in [0.2, 0.25) is 5.02 Å². The number of ether oxygens (including phenoxy) is 1. The third-order valence-corrected chi connectivity index (χ3v) is 2.26. The summed E-state index contributed by atoms with van der Waals surface area (Å²) < 4.78 is 5.48. The molecule has 0 fully saturated rings. The van der Waals surface area contributed by atoms with E-state index < -0.39 is 0 Å². The van der Waals surface area contributed by atoms with Gasteiger partial charge in [-0.3, -0.25) is 4.79 Å². The standard InChI is InChI=1S/C12H15ClO2/c1-3-7-15-12-6-5-9(13)8-10(12)11(14)4-2/h5-6,8H,3-4,7H2,1-2H3. The van der Waals surface area contributed by atoms with Crippen LogP contribution in [0, 0.1) is 0 Å². The van der Waals surface area contributed by atoms with Crippen LogP contribution in [-0.4, -0.2) is 12.4 Å². The fourth-order valence-electron chi connectivity index (χ4n) is 1.25. The fourth-order valence-corrected chi connectivity index (χ4v) is 1.42. The number of ketones is 1. The molecule has 0 amide bonds. The van der Waals surface area contributed by atoms with Crippen LogP contribution in [0.4, 0.5) is 0 Å². The monoisotopic (exact) mass is 226 g/mol. The van der Waals surface area contributed by atoms with Gasteiger partial charge in [0.2, 0.25) is 0 Å². The average Bonchev–Trinajstić information content (AvgIpc) is 2.26. The molecule has 2 nitrogen and oxygen atoms in total. The van der Waals surface area contributed by atoms with Gasteiger partial charge >= 0.3 is 0 Å². The molecule has 82 valence electrons. The number of hydrogen-bond acceptors (Lipinski definition) is 2. The van der Waals surface area contributed by atoms with E-state index in [0.717, 1.165) is 6.42 Å². The predicted molar refractivity (Wildman–Crippen MR) is 61.9 cm³/mol. The number of Topliss-reactive ketones (excluding diaryl/α,β-unsaturated/α-hetero) is 1. The predicted octanol–water partition coefficient (Wildman–Crippen LogP) is 3.72. The van der Waals surface area contributed by atoms with E-state index in [1.807, 2.05) is 13.8 Å². The number of benzene rings is 1. The van der Waals surface area contributed by atoms with Gasteiger partial charge in [-0.2, -0.15) is 0 Å². The number of carbonyl (C=O) groups excluding carboxylic acids is 1. The third kappa shape index (κ3) is 3.24. The van der Waals surface area contributed by atoms with Gasteiger partial charge in [0.05, 0.1) is 12.2 Å². The van der Waals surface area contributed by atoms with Crippen molar-refractivity contribution in [2.45, 2.75) is 26.7 Å². The van der Waals surface area contributed by atoms with E-state index in [9.17, 15) is 4.79 Å². The van der Waals surface area contributed by atoms with Crippen LogP contribution < -0.4 is 4.74 Å². The first-order valence-electron chi connectivity index (χ1n) is 5.14. The average molecular weight is 227 g/mol. The molecule has 0 aromatic heterocycles. The highest BCUT2D eigenvalue weighted by Crippen LogP contribution is 2.24. The Morgan fingerprint density at radius 2 is 2.13 bits per heavy atom. The molecule has 0 spiro atoms. The van der Waals surface area contributed by atoms with Crippen LogP contribution in [-0.2, 0) is 0 Å². The van der Waals surface area contributed by atoms with Crippen LogP contribution in [0.5, 0.6) is 5.75 Å². The summed E-state index contributed by atoms with van der Waals surface area (Å²) >= 11 is 5.84. The molecule has 0 unspecified atom stereocenters. The van der Waals surface area contributed by atoms with Crippen molar-refractivity contribution >= 4 is 17.4 Å². The van der Waals surface area contributed by atoms with E-state index in [0.29, 0.717) is 29.4 Å². The van der Waals surface area contributed by atoms with Gasteiger partial charge in [0.15, 0.2) is 5.78 Å². The Bertz CT molecular complexity index is 347. The van der Waals surface area contributed by atoms with Gasteiger partial charge in [0.25, 0.3) is 0 Å². The summed E-state index contributed by atoms with van der Waals surface area (Å²) in [6.45, 7) is 4.47. The number of halogens is 1. The summed E-state index contributed by atoms with van der Waals surface area (Å²) in [7, 11) is 0. The lowest BCUT2D eigenvalue weighted by atomic mass is 10.1. The zero-order valence-corrected chi connectivity index (χ0v) is 9.80. The Balaban J connectivity index is 2.97. The molecule has 0 aliphatic rings. The van der Waals surface area contributed by atoms with Gasteiger partial charge < -0.3 is 4.74 Å². The van der Waals surface area contributed by atoms with Crippen molar-refractivity contribution < 1.29 is 9.53 Å². The summed E-state index contributed by atoms with van der Waals surface area (Å²) in [6, 6.07) is 5.15. The van der Waals surface area contributed by atoms with E-state index in [1.54, 1.807) is 18.2 Å². The lowest BCUT2D eigenvalue weighted by Gasteiger charge is -2.09. The zero-order valence-electron chi connectivity index (χ0n) is 9.05. The molecule has 0 radical (unpaired) electrons. The maximum absolute atomic E-state index is 11.6. The van der Waals surface area contributed by atoms with Crippen LogP contribution in [0.3, 0.4) is 0 Å². The second kappa shape index (κ2) is 5.76. The SMILES string of the molecule is CCCOc1ccc(Cl)cc1C(=O)CC. The molecule has 15 heavy (non-hydrogen) atoms. The second-order valence-corrected chi connectivity index (χ2v) is 3.70. The summed E-state index contributed by atoms with van der Waals surface area (Å²) in [5.74, 6) is 0.691. The highest BCUT2D eigenvalue weighted by Gasteiger charge is 2.11. The molecule has 0 atom stereocenters. The van der Waals surface area contributed by atoms with Crippen LogP contribution in [0.25, 0.3) is 0 Å². The number of rotatable bonds is 5. The minimum atomic E-state index is 0.0589. The van der Waals surface area contributed by atoms with Crippen molar-refractivity contribution in [3.63, 3.8) is 0 Å². The molecule has 0 N–H and O–H groups in total. The van der Waals surface area contributed by atoms with Gasteiger partial charge in [-0.1, -0.05) is 25.4 Å². The number of hydrogen-bond donors (Lipinski definition) is 0. The lowest BCUT2D eigenvalue weighted by molar-refractivity contribution is 0.0984. The van der Waals surface area contributed by atoms with Gasteiger partial charge in [-0.25, -0.2) is 0 Å². The van der Waals surface area contributed by atoms with Crippen molar-refractivity contribution in [3.05, 3.63) is 28.8 Å². The normalized spacial score (nSPS) is 10.1. The van der Waals surface area contributed by atoms with Gasteiger partial charge in [-0.15, -0.1) is 0 Å². The molecular formula is C12H15ClO2. The summed E-state index contributed by atoms with van der Waals surface area (Å²) in [5.41, 5.74) is 0.582. The van der Waals surface area contributed by atoms with Crippen molar-refractivity contribution in [2.24, 2.45) is 0 Å². The van der Waals surface area contributed by atoms with Gasteiger partial charge in [-0.05, 0) is 24.6 Å². The Morgan fingerprint density at radius 1 is 1.40 bits per heavy atom. The van der Waals surface area contributed by atoms with Crippen LogP contribution in [0.1, 0.15) is 37.0 Å². The van der Waals surface area contributed by atoms with Crippen LogP contribution >= 0.6 is 11.6 Å². The third-order valence-electron chi connectivity index (χ3n) is 2.02. The van der Waals surface area contributed by atoms with E-state index in [1.165, 1.54) is 0 Å². The van der Waals surface area contributed by atoms with Crippen molar-refractivity contribution in [2.75, 3.05) is 6.61 Å². The first-order valence-corrected chi connectivity index (χ1v) is 5.52. The molecule has 0 heterocycles. The summed E-state index contributed by atoms with van der Waals surface area (Å²) in [4.78, 5) is 11.6. The van der Waals surface area contributed by atoms with Crippen molar-refractivity contribution in [3.8, 4) is 5.75 Å². The van der Waals surface area contributed by atoms with Crippen molar-refractivity contribution in [1.82, 2.24) is 0 Å². The minimum Gasteiger partial charge on any atom is -0.493 e. The topological polar surface area (TPSA) is 26.3 Å². The largest absolute Gasteiger partial charge is 0.493 e. The first kappa shape index (κ1) is 12.1. The maximum atomic E-state index is 11.6. The van der Waals surface area contributed by atoms with E-state index in [2.05, 4.69) is 0 Å². The Labute approximate surface area is 95.2 Å². The van der Waals surface area contributed by atoms with Gasteiger partial charge in [0.1, 0.15) is 5.75 Å². The maximum Gasteiger partial charge on any atom is 0.166 e. The summed E-state index contributed by atoms with van der Waals surface area (Å²) in [6.07, 6.45) is 1.38. The molecule has 1 aromatic carbocycles. The Morgan fingerprint density at radius 3 is 2.73 bits per heavy atom. The molecule has 0 aliphatic carbocycles. The fraction of sp³-hybridized carbons (Fsp3) is 0.417. The Kier molecular flexibility index (Phi) is 4.63. The molecule has 3 heteroatoms.